The standard InChI is InChI=1S/C12H12BrN3O2/c13-10-3-1-9(2-4-10)11-14-15-12(18-11)16-5-7-17-8-6-16/h1-4H,5-8H2. The molecule has 0 unspecified atom stereocenters. The van der Waals surface area contributed by atoms with Crippen molar-refractivity contribution in [3.05, 3.63) is 28.7 Å². The first-order valence-corrected chi connectivity index (χ1v) is 6.54. The van der Waals surface area contributed by atoms with Gasteiger partial charge in [0.05, 0.1) is 13.2 Å². The monoisotopic (exact) mass is 309 g/mol. The van der Waals surface area contributed by atoms with Gasteiger partial charge in [-0.2, -0.15) is 0 Å². The Bertz CT molecular complexity index is 520. The van der Waals surface area contributed by atoms with Crippen molar-refractivity contribution in [2.45, 2.75) is 0 Å². The second-order valence-electron chi connectivity index (χ2n) is 4.00. The lowest BCUT2D eigenvalue weighted by molar-refractivity contribution is 0.120. The van der Waals surface area contributed by atoms with Crippen LogP contribution < -0.4 is 4.90 Å². The highest BCUT2D eigenvalue weighted by Gasteiger charge is 2.17. The summed E-state index contributed by atoms with van der Waals surface area (Å²) in [7, 11) is 0. The van der Waals surface area contributed by atoms with E-state index in [0.29, 0.717) is 25.1 Å². The Kier molecular flexibility index (Phi) is 3.29. The molecule has 1 aromatic carbocycles. The van der Waals surface area contributed by atoms with Gasteiger partial charge in [0.2, 0.25) is 5.89 Å². The predicted molar refractivity (Wildman–Crippen MR) is 70.5 cm³/mol. The van der Waals surface area contributed by atoms with Crippen LogP contribution in [0.5, 0.6) is 0 Å². The van der Waals surface area contributed by atoms with E-state index in [0.717, 1.165) is 23.1 Å². The van der Waals surface area contributed by atoms with Gasteiger partial charge in [-0.1, -0.05) is 21.0 Å². The van der Waals surface area contributed by atoms with Crippen LogP contribution in [0.4, 0.5) is 6.01 Å². The van der Waals surface area contributed by atoms with Gasteiger partial charge in [0.1, 0.15) is 0 Å². The van der Waals surface area contributed by atoms with E-state index in [9.17, 15) is 0 Å². The minimum atomic E-state index is 0.545. The minimum absolute atomic E-state index is 0.545. The van der Waals surface area contributed by atoms with Gasteiger partial charge in [-0.25, -0.2) is 0 Å². The van der Waals surface area contributed by atoms with Gasteiger partial charge >= 0.3 is 6.01 Å². The highest BCUT2D eigenvalue weighted by atomic mass is 79.9. The Morgan fingerprint density at radius 1 is 1.06 bits per heavy atom. The average molecular weight is 310 g/mol. The zero-order valence-corrected chi connectivity index (χ0v) is 11.3. The van der Waals surface area contributed by atoms with E-state index in [-0.39, 0.29) is 0 Å². The number of morpholine rings is 1. The number of rotatable bonds is 2. The third-order valence-electron chi connectivity index (χ3n) is 2.79. The van der Waals surface area contributed by atoms with Crippen LogP contribution in [0, 0.1) is 0 Å². The maximum absolute atomic E-state index is 5.68. The van der Waals surface area contributed by atoms with E-state index in [4.69, 9.17) is 9.15 Å². The summed E-state index contributed by atoms with van der Waals surface area (Å²) in [5.41, 5.74) is 0.921. The molecule has 2 heterocycles. The quantitative estimate of drug-likeness (QED) is 0.852. The maximum atomic E-state index is 5.68. The predicted octanol–water partition coefficient (Wildman–Crippen LogP) is 2.34. The average Bonchev–Trinajstić information content (AvgIpc) is 2.90. The molecule has 0 atom stereocenters. The van der Waals surface area contributed by atoms with Crippen molar-refractivity contribution in [3.8, 4) is 11.5 Å². The molecule has 1 aromatic heterocycles. The SMILES string of the molecule is Brc1ccc(-c2nnc(N3CCOCC3)o2)cc1. The van der Waals surface area contributed by atoms with Crippen LogP contribution >= 0.6 is 15.9 Å². The number of aromatic nitrogens is 2. The summed E-state index contributed by atoms with van der Waals surface area (Å²) < 4.78 is 12.0. The van der Waals surface area contributed by atoms with Crippen LogP contribution in [-0.4, -0.2) is 36.5 Å². The van der Waals surface area contributed by atoms with Crippen LogP contribution in [0.15, 0.2) is 33.2 Å². The summed E-state index contributed by atoms with van der Waals surface area (Å²) in [6.45, 7) is 3.00. The van der Waals surface area contributed by atoms with Gasteiger partial charge in [-0.3, -0.25) is 0 Å². The molecule has 5 nitrogen and oxygen atoms in total. The maximum Gasteiger partial charge on any atom is 0.318 e. The van der Waals surface area contributed by atoms with Crippen molar-refractivity contribution < 1.29 is 9.15 Å². The Morgan fingerprint density at radius 2 is 1.78 bits per heavy atom. The van der Waals surface area contributed by atoms with Crippen molar-refractivity contribution >= 4 is 21.9 Å². The first-order valence-electron chi connectivity index (χ1n) is 5.75. The van der Waals surface area contributed by atoms with Crippen molar-refractivity contribution in [2.24, 2.45) is 0 Å². The summed E-state index contributed by atoms with van der Waals surface area (Å²) in [5.74, 6) is 0.545. The van der Waals surface area contributed by atoms with Crippen molar-refractivity contribution in [1.82, 2.24) is 10.2 Å². The lowest BCUT2D eigenvalue weighted by atomic mass is 10.2. The highest BCUT2D eigenvalue weighted by Crippen LogP contribution is 2.23. The van der Waals surface area contributed by atoms with Gasteiger partial charge in [0.15, 0.2) is 0 Å². The highest BCUT2D eigenvalue weighted by molar-refractivity contribution is 9.10. The summed E-state index contributed by atoms with van der Waals surface area (Å²) in [5, 5.41) is 8.16. The molecule has 18 heavy (non-hydrogen) atoms. The molecule has 1 aliphatic rings. The normalized spacial score (nSPS) is 15.9. The van der Waals surface area contributed by atoms with Crippen LogP contribution in [0.2, 0.25) is 0 Å². The molecular weight excluding hydrogens is 298 g/mol. The number of anilines is 1. The topological polar surface area (TPSA) is 51.4 Å². The zero-order chi connectivity index (χ0) is 12.4. The molecule has 0 amide bonds. The first-order chi connectivity index (χ1) is 8.83. The summed E-state index contributed by atoms with van der Waals surface area (Å²) in [4.78, 5) is 2.04. The Labute approximate surface area is 113 Å². The number of benzene rings is 1. The third-order valence-corrected chi connectivity index (χ3v) is 3.32. The van der Waals surface area contributed by atoms with Crippen LogP contribution in [0.25, 0.3) is 11.5 Å². The largest absolute Gasteiger partial charge is 0.403 e. The molecule has 0 radical (unpaired) electrons. The molecule has 0 aliphatic carbocycles. The molecule has 0 N–H and O–H groups in total. The first kappa shape index (κ1) is 11.7. The fraction of sp³-hybridized carbons (Fsp3) is 0.333. The molecule has 0 saturated carbocycles. The van der Waals surface area contributed by atoms with E-state index in [1.54, 1.807) is 0 Å². The number of nitrogens with zero attached hydrogens (tertiary/aromatic N) is 3. The van der Waals surface area contributed by atoms with Crippen LogP contribution in [-0.2, 0) is 4.74 Å². The second kappa shape index (κ2) is 5.07. The minimum Gasteiger partial charge on any atom is -0.403 e. The zero-order valence-electron chi connectivity index (χ0n) is 9.67. The lowest BCUT2D eigenvalue weighted by Crippen LogP contribution is -2.36. The van der Waals surface area contributed by atoms with Gasteiger partial charge in [-0.05, 0) is 24.3 Å². The summed E-state index contributed by atoms with van der Waals surface area (Å²) in [6.07, 6.45) is 0. The Morgan fingerprint density at radius 3 is 2.50 bits per heavy atom. The third kappa shape index (κ3) is 2.39. The Balaban J connectivity index is 1.82. The molecule has 0 spiro atoms. The van der Waals surface area contributed by atoms with E-state index < -0.39 is 0 Å². The van der Waals surface area contributed by atoms with E-state index in [2.05, 4.69) is 26.1 Å². The summed E-state index contributed by atoms with van der Waals surface area (Å²) in [6, 6.07) is 8.36. The molecule has 3 rings (SSSR count). The summed E-state index contributed by atoms with van der Waals surface area (Å²) >= 11 is 3.40. The number of hydrogen-bond acceptors (Lipinski definition) is 5. The second-order valence-corrected chi connectivity index (χ2v) is 4.91. The molecule has 94 valence electrons. The lowest BCUT2D eigenvalue weighted by Gasteiger charge is -2.24. The van der Waals surface area contributed by atoms with E-state index in [1.165, 1.54) is 0 Å². The van der Waals surface area contributed by atoms with Crippen LogP contribution in [0.1, 0.15) is 0 Å². The van der Waals surface area contributed by atoms with Crippen molar-refractivity contribution in [2.75, 3.05) is 31.2 Å². The molecule has 1 saturated heterocycles. The van der Waals surface area contributed by atoms with Crippen molar-refractivity contribution in [1.29, 1.82) is 0 Å². The van der Waals surface area contributed by atoms with Gasteiger partial charge in [-0.15, -0.1) is 5.10 Å². The fourth-order valence-electron chi connectivity index (χ4n) is 1.81. The fourth-order valence-corrected chi connectivity index (χ4v) is 2.07. The van der Waals surface area contributed by atoms with Gasteiger partial charge in [0, 0.05) is 23.1 Å². The smallest absolute Gasteiger partial charge is 0.318 e. The number of hydrogen-bond donors (Lipinski definition) is 0. The molecule has 0 bridgehead atoms. The van der Waals surface area contributed by atoms with Gasteiger partial charge < -0.3 is 14.1 Å². The molecule has 1 fully saturated rings. The molecule has 2 aromatic rings. The van der Waals surface area contributed by atoms with E-state index >= 15 is 0 Å². The van der Waals surface area contributed by atoms with Crippen LogP contribution in [0.3, 0.4) is 0 Å². The molecule has 6 heteroatoms. The molecule has 1 aliphatic heterocycles. The van der Waals surface area contributed by atoms with Gasteiger partial charge in [0.25, 0.3) is 0 Å². The Hall–Kier alpha value is -1.40. The van der Waals surface area contributed by atoms with Crippen molar-refractivity contribution in [3.63, 3.8) is 0 Å². The molecular formula is C12H12BrN3O2. The number of ether oxygens (including phenoxy) is 1. The number of halogens is 1. The van der Waals surface area contributed by atoms with E-state index in [1.807, 2.05) is 29.2 Å².